The lowest BCUT2D eigenvalue weighted by atomic mass is 10.0. The molecule has 6 nitrogen and oxygen atoms in total. The van der Waals surface area contributed by atoms with Crippen LogP contribution in [0.5, 0.6) is 0 Å². The number of halogens is 1. The molecule has 1 heterocycles. The molecule has 22 heavy (non-hydrogen) atoms. The van der Waals surface area contributed by atoms with Crippen LogP contribution in [0.4, 0.5) is 4.39 Å². The zero-order chi connectivity index (χ0) is 16.1. The number of aryl methyl sites for hydroxylation is 1. The molecule has 0 radical (unpaired) electrons. The lowest BCUT2D eigenvalue weighted by Gasteiger charge is -2.14. The number of hydrogen-bond donors (Lipinski definition) is 3. The maximum atomic E-state index is 13.7. The van der Waals surface area contributed by atoms with Crippen LogP contribution in [0.25, 0.3) is 22.2 Å². The summed E-state index contributed by atoms with van der Waals surface area (Å²) in [6, 6.07) is 9.02. The number of aliphatic hydroxyl groups is 3. The third-order valence-corrected chi connectivity index (χ3v) is 3.38. The van der Waals surface area contributed by atoms with Gasteiger partial charge in [0, 0.05) is 0 Å². The number of benzene rings is 2. The summed E-state index contributed by atoms with van der Waals surface area (Å²) in [7, 11) is 0. The Labute approximate surface area is 123 Å². The van der Waals surface area contributed by atoms with E-state index in [1.165, 1.54) is 18.2 Å². The fourth-order valence-electron chi connectivity index (χ4n) is 2.25. The predicted octanol–water partition coefficient (Wildman–Crippen LogP) is 1.25. The molecule has 2 aromatic carbocycles. The second kappa shape index (κ2) is 4.77. The molecular formula is C15H12FNO5. The number of fused-ring (bicyclic) bond motifs is 1. The number of rotatable bonds is 2. The van der Waals surface area contributed by atoms with Gasteiger partial charge >= 0.3 is 11.9 Å². The van der Waals surface area contributed by atoms with Crippen LogP contribution in [-0.4, -0.2) is 19.9 Å². The zero-order valence-electron chi connectivity index (χ0n) is 11.4. The van der Waals surface area contributed by atoms with Gasteiger partial charge in [0.25, 0.3) is 0 Å². The molecule has 0 saturated heterocycles. The molecule has 7 heteroatoms. The van der Waals surface area contributed by atoms with E-state index in [0.29, 0.717) is 16.7 Å². The highest BCUT2D eigenvalue weighted by molar-refractivity contribution is 5.80. The smallest absolute Gasteiger partial charge is 0.408 e. The van der Waals surface area contributed by atoms with E-state index in [1.807, 2.05) is 0 Å². The minimum Gasteiger partial charge on any atom is -0.408 e. The third kappa shape index (κ3) is 2.31. The number of nitrogens with zero attached hydrogens (tertiary/aromatic N) is 1. The quantitative estimate of drug-likeness (QED) is 0.619. The monoisotopic (exact) mass is 305 g/mol. The molecule has 114 valence electrons. The Balaban J connectivity index is 2.25. The van der Waals surface area contributed by atoms with Gasteiger partial charge in [-0.05, 0) is 41.8 Å². The molecule has 0 aliphatic carbocycles. The van der Waals surface area contributed by atoms with Crippen LogP contribution in [0.2, 0.25) is 0 Å². The van der Waals surface area contributed by atoms with Crippen LogP contribution in [0.1, 0.15) is 5.56 Å². The average Bonchev–Trinajstić information content (AvgIpc) is 2.76. The number of hydrogen-bond acceptors (Lipinski definition) is 5. The van der Waals surface area contributed by atoms with Crippen molar-refractivity contribution in [1.29, 1.82) is 0 Å². The topological polar surface area (TPSA) is 95.8 Å². The van der Waals surface area contributed by atoms with Crippen molar-refractivity contribution in [1.82, 2.24) is 4.57 Å². The lowest BCUT2D eigenvalue weighted by molar-refractivity contribution is -0.375. The van der Waals surface area contributed by atoms with Crippen LogP contribution >= 0.6 is 0 Å². The van der Waals surface area contributed by atoms with E-state index < -0.39 is 11.9 Å². The van der Waals surface area contributed by atoms with Crippen LogP contribution < -0.4 is 5.76 Å². The first-order valence-corrected chi connectivity index (χ1v) is 6.37. The van der Waals surface area contributed by atoms with Gasteiger partial charge in [0.05, 0.1) is 5.52 Å². The molecule has 0 aliphatic rings. The molecule has 0 atom stereocenters. The SMILES string of the molecule is Cc1ccc(-c2ccc3oc(=O)n(C(O)(O)O)c3c2)cc1F. The summed E-state index contributed by atoms with van der Waals surface area (Å²) >= 11 is 0. The third-order valence-electron chi connectivity index (χ3n) is 3.38. The van der Waals surface area contributed by atoms with E-state index in [9.17, 15) is 24.5 Å². The van der Waals surface area contributed by atoms with Gasteiger partial charge in [-0.3, -0.25) is 0 Å². The van der Waals surface area contributed by atoms with Gasteiger partial charge in [-0.15, -0.1) is 0 Å². The fourth-order valence-corrected chi connectivity index (χ4v) is 2.25. The summed E-state index contributed by atoms with van der Waals surface area (Å²) in [4.78, 5) is 11.6. The van der Waals surface area contributed by atoms with E-state index in [1.54, 1.807) is 25.1 Å². The molecule has 0 amide bonds. The molecule has 0 saturated carbocycles. The lowest BCUT2D eigenvalue weighted by Crippen LogP contribution is -2.38. The highest BCUT2D eigenvalue weighted by Crippen LogP contribution is 2.26. The summed E-state index contributed by atoms with van der Waals surface area (Å²) in [6.45, 7) is 1.63. The van der Waals surface area contributed by atoms with E-state index >= 15 is 0 Å². The molecule has 3 aromatic rings. The van der Waals surface area contributed by atoms with Crippen molar-refractivity contribution in [2.45, 2.75) is 13.0 Å². The minimum absolute atomic E-state index is 0.0315. The standard InChI is InChI=1S/C15H12FNO5/c1-8-2-3-9(6-11(8)16)10-4-5-13-12(7-10)17(14(18)22-13)15(19,20)21/h2-7,19-21H,1H3. The number of oxazole rings is 1. The van der Waals surface area contributed by atoms with E-state index in [4.69, 9.17) is 4.42 Å². The number of aromatic nitrogens is 1. The summed E-state index contributed by atoms with van der Waals surface area (Å²) in [5.41, 5.74) is 1.57. The first-order chi connectivity index (χ1) is 10.3. The molecule has 0 unspecified atom stereocenters. The molecule has 3 N–H and O–H groups in total. The second-order valence-electron chi connectivity index (χ2n) is 4.95. The maximum Gasteiger partial charge on any atom is 0.426 e. The van der Waals surface area contributed by atoms with Gasteiger partial charge in [-0.25, -0.2) is 9.18 Å². The molecule has 0 aliphatic heterocycles. The van der Waals surface area contributed by atoms with Crippen LogP contribution in [-0.2, 0) is 6.10 Å². The van der Waals surface area contributed by atoms with Crippen LogP contribution in [0.15, 0.2) is 45.6 Å². The molecule has 3 rings (SSSR count). The highest BCUT2D eigenvalue weighted by atomic mass is 19.1. The molecule has 0 fully saturated rings. The Bertz CT molecular complexity index is 920. The summed E-state index contributed by atoms with van der Waals surface area (Å²) in [6.07, 6.45) is -3.39. The van der Waals surface area contributed by atoms with Crippen molar-refractivity contribution in [2.24, 2.45) is 0 Å². The zero-order valence-corrected chi connectivity index (χ0v) is 11.4. The first-order valence-electron chi connectivity index (χ1n) is 6.37. The van der Waals surface area contributed by atoms with Gasteiger partial charge in [0.1, 0.15) is 5.82 Å². The van der Waals surface area contributed by atoms with Gasteiger partial charge in [0.2, 0.25) is 0 Å². The Hall–Kier alpha value is -2.48. The van der Waals surface area contributed by atoms with E-state index in [0.717, 1.165) is 0 Å². The molecule has 0 bridgehead atoms. The minimum atomic E-state index is -3.39. The van der Waals surface area contributed by atoms with Crippen LogP contribution in [0, 0.1) is 12.7 Å². The maximum absolute atomic E-state index is 13.7. The van der Waals surface area contributed by atoms with Crippen molar-refractivity contribution in [3.05, 3.63) is 58.3 Å². The first kappa shape index (κ1) is 14.5. The normalized spacial score (nSPS) is 12.0. The van der Waals surface area contributed by atoms with Crippen molar-refractivity contribution in [2.75, 3.05) is 0 Å². The van der Waals surface area contributed by atoms with Gasteiger partial charge < -0.3 is 19.7 Å². The van der Waals surface area contributed by atoms with Crippen LogP contribution in [0.3, 0.4) is 0 Å². The second-order valence-corrected chi connectivity index (χ2v) is 4.95. The van der Waals surface area contributed by atoms with Crippen molar-refractivity contribution < 1.29 is 24.1 Å². The Morgan fingerprint density at radius 1 is 1.09 bits per heavy atom. The summed E-state index contributed by atoms with van der Waals surface area (Å²) in [5.74, 6) is -1.52. The predicted molar refractivity (Wildman–Crippen MR) is 75.2 cm³/mol. The highest BCUT2D eigenvalue weighted by Gasteiger charge is 2.28. The Morgan fingerprint density at radius 3 is 2.36 bits per heavy atom. The average molecular weight is 305 g/mol. The van der Waals surface area contributed by atoms with E-state index in [2.05, 4.69) is 0 Å². The van der Waals surface area contributed by atoms with Gasteiger partial charge in [-0.1, -0.05) is 18.2 Å². The Kier molecular flexibility index (Phi) is 3.13. The van der Waals surface area contributed by atoms with E-state index in [-0.39, 0.29) is 21.5 Å². The van der Waals surface area contributed by atoms with Crippen molar-refractivity contribution in [3.8, 4) is 11.1 Å². The summed E-state index contributed by atoms with van der Waals surface area (Å²) in [5, 5.41) is 27.8. The molecule has 1 aromatic heterocycles. The molecular weight excluding hydrogens is 293 g/mol. The van der Waals surface area contributed by atoms with Crippen molar-refractivity contribution >= 4 is 11.1 Å². The summed E-state index contributed by atoms with van der Waals surface area (Å²) < 4.78 is 18.8. The largest absolute Gasteiger partial charge is 0.426 e. The van der Waals surface area contributed by atoms with Gasteiger partial charge in [0.15, 0.2) is 5.58 Å². The molecule has 0 spiro atoms. The van der Waals surface area contributed by atoms with Gasteiger partial charge in [-0.2, -0.15) is 4.57 Å². The van der Waals surface area contributed by atoms with Crippen molar-refractivity contribution in [3.63, 3.8) is 0 Å². The Morgan fingerprint density at radius 2 is 1.73 bits per heavy atom. The fraction of sp³-hybridized carbons (Fsp3) is 0.133.